The van der Waals surface area contributed by atoms with Gasteiger partial charge in [-0.1, -0.05) is 0 Å². The number of nitro benzene ring substituents is 1. The van der Waals surface area contributed by atoms with Crippen molar-refractivity contribution in [2.75, 3.05) is 0 Å². The normalized spacial score (nSPS) is 10.8. The Labute approximate surface area is 131 Å². The summed E-state index contributed by atoms with van der Waals surface area (Å²) in [4.78, 5) is 45.2. The lowest BCUT2D eigenvalue weighted by Gasteiger charge is -2.07. The van der Waals surface area contributed by atoms with Crippen LogP contribution in [-0.2, 0) is 0 Å². The van der Waals surface area contributed by atoms with E-state index < -0.39 is 39.0 Å². The molecule has 1 aromatic heterocycles. The molecule has 24 heavy (non-hydrogen) atoms. The van der Waals surface area contributed by atoms with Crippen molar-refractivity contribution in [3.8, 4) is 0 Å². The SMILES string of the molecule is O=C(O)c1ccc2c(=O)c3cc([N+](=O)[O-])ccc3oc2c1C(=O)O. The molecule has 0 radical (unpaired) electrons. The van der Waals surface area contributed by atoms with Crippen LogP contribution in [0, 0.1) is 10.1 Å². The van der Waals surface area contributed by atoms with Crippen molar-refractivity contribution in [1.82, 2.24) is 0 Å². The zero-order valence-corrected chi connectivity index (χ0v) is 11.7. The Morgan fingerprint density at radius 1 is 1.04 bits per heavy atom. The van der Waals surface area contributed by atoms with Gasteiger partial charge in [-0.25, -0.2) is 9.59 Å². The Hall–Kier alpha value is -3.75. The van der Waals surface area contributed by atoms with E-state index in [9.17, 15) is 29.6 Å². The maximum atomic E-state index is 12.5. The number of rotatable bonds is 3. The third-order valence-corrected chi connectivity index (χ3v) is 3.48. The number of carboxylic acid groups (broad SMARTS) is 2. The summed E-state index contributed by atoms with van der Waals surface area (Å²) in [6.45, 7) is 0. The molecule has 0 fully saturated rings. The summed E-state index contributed by atoms with van der Waals surface area (Å²) in [5, 5.41) is 28.9. The second-order valence-electron chi connectivity index (χ2n) is 4.84. The van der Waals surface area contributed by atoms with Gasteiger partial charge in [0.25, 0.3) is 5.69 Å². The number of non-ortho nitro benzene ring substituents is 1. The number of nitro groups is 1. The van der Waals surface area contributed by atoms with Crippen molar-refractivity contribution < 1.29 is 29.1 Å². The summed E-state index contributed by atoms with van der Waals surface area (Å²) in [6, 6.07) is 5.38. The van der Waals surface area contributed by atoms with E-state index in [-0.39, 0.29) is 22.0 Å². The number of carbonyl (C=O) groups is 2. The Bertz CT molecular complexity index is 1110. The number of nitrogens with zero attached hydrogens (tertiary/aromatic N) is 1. The van der Waals surface area contributed by atoms with E-state index in [0.29, 0.717) is 0 Å². The minimum atomic E-state index is -1.57. The van der Waals surface area contributed by atoms with Crippen LogP contribution in [0.3, 0.4) is 0 Å². The molecule has 0 aliphatic rings. The van der Waals surface area contributed by atoms with Crippen LogP contribution in [0.1, 0.15) is 20.7 Å². The summed E-state index contributed by atoms with van der Waals surface area (Å²) in [7, 11) is 0. The first-order chi connectivity index (χ1) is 11.3. The first-order valence-corrected chi connectivity index (χ1v) is 6.46. The van der Waals surface area contributed by atoms with Gasteiger partial charge < -0.3 is 14.6 Å². The largest absolute Gasteiger partial charge is 0.478 e. The summed E-state index contributed by atoms with van der Waals surface area (Å²) >= 11 is 0. The van der Waals surface area contributed by atoms with Gasteiger partial charge in [0, 0.05) is 12.1 Å². The van der Waals surface area contributed by atoms with E-state index in [0.717, 1.165) is 30.3 Å². The van der Waals surface area contributed by atoms with Crippen LogP contribution in [0.5, 0.6) is 0 Å². The molecule has 0 spiro atoms. The van der Waals surface area contributed by atoms with Gasteiger partial charge >= 0.3 is 11.9 Å². The first-order valence-electron chi connectivity index (χ1n) is 6.46. The fourth-order valence-electron chi connectivity index (χ4n) is 2.41. The van der Waals surface area contributed by atoms with E-state index in [4.69, 9.17) is 9.52 Å². The molecule has 0 aliphatic carbocycles. The van der Waals surface area contributed by atoms with Crippen molar-refractivity contribution in [1.29, 1.82) is 0 Å². The van der Waals surface area contributed by atoms with Crippen molar-refractivity contribution in [3.05, 3.63) is 61.8 Å². The highest BCUT2D eigenvalue weighted by molar-refractivity contribution is 6.11. The van der Waals surface area contributed by atoms with E-state index in [1.807, 2.05) is 0 Å². The van der Waals surface area contributed by atoms with Gasteiger partial charge in [0.15, 0.2) is 5.58 Å². The lowest BCUT2D eigenvalue weighted by Crippen LogP contribution is -2.12. The molecule has 9 heteroatoms. The van der Waals surface area contributed by atoms with Crippen molar-refractivity contribution in [2.45, 2.75) is 0 Å². The van der Waals surface area contributed by atoms with Crippen LogP contribution < -0.4 is 5.43 Å². The Kier molecular flexibility index (Phi) is 3.26. The number of hydrogen-bond donors (Lipinski definition) is 2. The topological polar surface area (TPSA) is 148 Å². The monoisotopic (exact) mass is 329 g/mol. The summed E-state index contributed by atoms with van der Waals surface area (Å²) in [5.74, 6) is -3.05. The molecule has 3 aromatic rings. The zero-order valence-electron chi connectivity index (χ0n) is 11.7. The second-order valence-corrected chi connectivity index (χ2v) is 4.84. The lowest BCUT2D eigenvalue weighted by molar-refractivity contribution is -0.384. The Morgan fingerprint density at radius 3 is 2.33 bits per heavy atom. The quantitative estimate of drug-likeness (QED) is 0.422. The van der Waals surface area contributed by atoms with E-state index in [1.54, 1.807) is 0 Å². The minimum Gasteiger partial charge on any atom is -0.478 e. The van der Waals surface area contributed by atoms with Gasteiger partial charge in [0.1, 0.15) is 11.1 Å². The number of benzene rings is 2. The van der Waals surface area contributed by atoms with Gasteiger partial charge in [0.2, 0.25) is 5.43 Å². The molecule has 0 amide bonds. The average molecular weight is 329 g/mol. The standard InChI is InChI=1S/C15H7NO8/c17-12-8-3-2-7(14(18)19)11(15(20)21)13(8)24-10-4-1-6(16(22)23)5-9(10)12/h1-5H,(H,18,19)(H,20,21). The third-order valence-electron chi connectivity index (χ3n) is 3.48. The van der Waals surface area contributed by atoms with Crippen molar-refractivity contribution in [3.63, 3.8) is 0 Å². The highest BCUT2D eigenvalue weighted by Gasteiger charge is 2.23. The van der Waals surface area contributed by atoms with Gasteiger partial charge in [-0.05, 0) is 18.2 Å². The molecule has 0 saturated carbocycles. The van der Waals surface area contributed by atoms with Crippen LogP contribution >= 0.6 is 0 Å². The zero-order chi connectivity index (χ0) is 17.6. The van der Waals surface area contributed by atoms with Crippen LogP contribution in [0.15, 0.2) is 39.5 Å². The Balaban J connectivity index is 2.51. The lowest BCUT2D eigenvalue weighted by atomic mass is 10.0. The van der Waals surface area contributed by atoms with Crippen LogP contribution in [0.25, 0.3) is 21.9 Å². The molecule has 0 saturated heterocycles. The summed E-state index contributed by atoms with van der Waals surface area (Å²) in [6.07, 6.45) is 0. The number of carboxylic acids is 2. The molecule has 0 bridgehead atoms. The van der Waals surface area contributed by atoms with Gasteiger partial charge in [-0.3, -0.25) is 14.9 Å². The maximum Gasteiger partial charge on any atom is 0.340 e. The molecular formula is C15H7NO8. The van der Waals surface area contributed by atoms with E-state index in [2.05, 4.69) is 0 Å². The molecule has 0 unspecified atom stereocenters. The molecule has 120 valence electrons. The molecule has 2 aromatic carbocycles. The fraction of sp³-hybridized carbons (Fsp3) is 0. The molecule has 9 nitrogen and oxygen atoms in total. The van der Waals surface area contributed by atoms with Gasteiger partial charge in [-0.15, -0.1) is 0 Å². The maximum absolute atomic E-state index is 12.5. The second kappa shape index (κ2) is 5.16. The highest BCUT2D eigenvalue weighted by Crippen LogP contribution is 2.26. The molecule has 1 heterocycles. The predicted octanol–water partition coefficient (Wildman–Crippen LogP) is 2.25. The predicted molar refractivity (Wildman–Crippen MR) is 80.6 cm³/mol. The van der Waals surface area contributed by atoms with Crippen molar-refractivity contribution >= 4 is 39.6 Å². The molecular weight excluding hydrogens is 322 g/mol. The highest BCUT2D eigenvalue weighted by atomic mass is 16.6. The van der Waals surface area contributed by atoms with Gasteiger partial charge in [-0.2, -0.15) is 0 Å². The van der Waals surface area contributed by atoms with E-state index in [1.165, 1.54) is 0 Å². The fourth-order valence-corrected chi connectivity index (χ4v) is 2.41. The van der Waals surface area contributed by atoms with Crippen LogP contribution in [0.2, 0.25) is 0 Å². The summed E-state index contributed by atoms with van der Waals surface area (Å²) < 4.78 is 5.38. The molecule has 0 aliphatic heterocycles. The van der Waals surface area contributed by atoms with Crippen LogP contribution in [0.4, 0.5) is 5.69 Å². The van der Waals surface area contributed by atoms with E-state index >= 15 is 0 Å². The van der Waals surface area contributed by atoms with Gasteiger partial charge in [0.05, 0.1) is 21.3 Å². The first kappa shape index (κ1) is 15.2. The number of aromatic carboxylic acids is 2. The molecule has 0 atom stereocenters. The number of hydrogen-bond acceptors (Lipinski definition) is 6. The summed E-state index contributed by atoms with van der Waals surface area (Å²) in [5.41, 5.74) is -2.67. The Morgan fingerprint density at radius 2 is 1.75 bits per heavy atom. The minimum absolute atomic E-state index is 0.0804. The van der Waals surface area contributed by atoms with Crippen LogP contribution in [-0.4, -0.2) is 27.1 Å². The average Bonchev–Trinajstić information content (AvgIpc) is 2.53. The molecule has 3 rings (SSSR count). The number of fused-ring (bicyclic) bond motifs is 2. The van der Waals surface area contributed by atoms with Crippen molar-refractivity contribution in [2.24, 2.45) is 0 Å². The smallest absolute Gasteiger partial charge is 0.340 e. The molecule has 2 N–H and O–H groups in total. The third kappa shape index (κ3) is 2.15.